The summed E-state index contributed by atoms with van der Waals surface area (Å²) in [5.41, 5.74) is 0.782. The molecule has 4 rings (SSSR count). The van der Waals surface area contributed by atoms with Crippen molar-refractivity contribution in [3.05, 3.63) is 30.4 Å². The Kier molecular flexibility index (Phi) is 3.32. The highest BCUT2D eigenvalue weighted by Gasteiger charge is 2.44. The maximum Gasteiger partial charge on any atom is 0.251 e. The van der Waals surface area contributed by atoms with E-state index in [-0.39, 0.29) is 5.91 Å². The van der Waals surface area contributed by atoms with Crippen LogP contribution in [0, 0.1) is 5.92 Å². The third-order valence-corrected chi connectivity index (χ3v) is 4.74. The number of hydrogen-bond acceptors (Lipinski definition) is 3. The first kappa shape index (κ1) is 13.7. The molecule has 4 heteroatoms. The largest absolute Gasteiger partial charge is 0.448 e. The topological polar surface area (TPSA) is 47.6 Å². The first-order valence-electron chi connectivity index (χ1n) is 8.21. The van der Waals surface area contributed by atoms with E-state index in [1.54, 1.807) is 0 Å². The van der Waals surface area contributed by atoms with Crippen LogP contribution >= 0.6 is 0 Å². The molecule has 1 aliphatic heterocycles. The zero-order chi connectivity index (χ0) is 15.0. The van der Waals surface area contributed by atoms with Crippen LogP contribution in [0.15, 0.2) is 30.4 Å². The Hall–Kier alpha value is -1.97. The van der Waals surface area contributed by atoms with Crippen LogP contribution in [0.2, 0.25) is 0 Å². The minimum Gasteiger partial charge on any atom is -0.448 e. The normalized spacial score (nSPS) is 24.1. The van der Waals surface area contributed by atoms with Crippen molar-refractivity contribution in [1.29, 1.82) is 0 Å². The fraction of sp³-hybridized carbons (Fsp3) is 0.500. The molecule has 1 spiro atoms. The number of carbonyl (C=O) groups excluding carboxylic acids is 1. The van der Waals surface area contributed by atoms with Gasteiger partial charge in [0, 0.05) is 31.0 Å². The van der Waals surface area contributed by atoms with Crippen molar-refractivity contribution < 1.29 is 14.3 Å². The lowest BCUT2D eigenvalue weighted by atomic mass is 10.1. The maximum atomic E-state index is 12.1. The summed E-state index contributed by atoms with van der Waals surface area (Å²) in [6.07, 6.45) is 11.2. The van der Waals surface area contributed by atoms with Crippen LogP contribution in [0.1, 0.15) is 44.9 Å². The molecule has 0 bridgehead atoms. The highest BCUT2D eigenvalue weighted by atomic mass is 16.7. The molecule has 0 saturated heterocycles. The molecule has 4 nitrogen and oxygen atoms in total. The molecule has 22 heavy (non-hydrogen) atoms. The zero-order valence-corrected chi connectivity index (χ0v) is 12.6. The van der Waals surface area contributed by atoms with Crippen LogP contribution < -0.4 is 14.8 Å². The number of hydrogen-bond donors (Lipinski definition) is 1. The number of ether oxygens (including phenoxy) is 2. The Balaban J connectivity index is 1.42. The van der Waals surface area contributed by atoms with E-state index in [4.69, 9.17) is 9.47 Å². The number of anilines is 1. The molecule has 0 aromatic heterocycles. The Morgan fingerprint density at radius 2 is 2.05 bits per heavy atom. The average Bonchev–Trinajstić information content (AvgIpc) is 3.20. The van der Waals surface area contributed by atoms with Gasteiger partial charge in [-0.1, -0.05) is 12.2 Å². The average molecular weight is 299 g/mol. The maximum absolute atomic E-state index is 12.1. The molecule has 0 radical (unpaired) electrons. The Bertz CT molecular complexity index is 617. The first-order chi connectivity index (χ1) is 10.7. The molecule has 116 valence electrons. The number of fused-ring (bicyclic) bond motifs is 1. The minimum absolute atomic E-state index is 0.0611. The van der Waals surface area contributed by atoms with Crippen molar-refractivity contribution in [2.24, 2.45) is 5.92 Å². The molecule has 1 aromatic carbocycles. The summed E-state index contributed by atoms with van der Waals surface area (Å²) in [5, 5.41) is 2.97. The number of nitrogens with one attached hydrogen (secondary N) is 1. The summed E-state index contributed by atoms with van der Waals surface area (Å²) < 4.78 is 12.0. The molecule has 1 heterocycles. The Morgan fingerprint density at radius 1 is 1.23 bits per heavy atom. The smallest absolute Gasteiger partial charge is 0.251 e. The molecule has 1 aromatic rings. The molecule has 1 amide bonds. The van der Waals surface area contributed by atoms with Crippen molar-refractivity contribution >= 4 is 11.6 Å². The molecule has 2 aliphatic carbocycles. The van der Waals surface area contributed by atoms with Gasteiger partial charge in [0.2, 0.25) is 5.91 Å². The molecular formula is C18H21NO3. The number of allylic oxidation sites excluding steroid dienone is 2. The van der Waals surface area contributed by atoms with Gasteiger partial charge in [0.1, 0.15) is 0 Å². The van der Waals surface area contributed by atoms with E-state index < -0.39 is 5.79 Å². The summed E-state index contributed by atoms with van der Waals surface area (Å²) in [6.45, 7) is 0. The SMILES string of the molecule is O=C(C[C@H]1C=CCC1)Nc1ccc2c(c1)OC1(CCCC1)O2. The predicted molar refractivity (Wildman–Crippen MR) is 84.0 cm³/mol. The standard InChI is InChI=1S/C18H21NO3/c20-17(11-13-5-1-2-6-13)19-14-7-8-15-16(12-14)22-18(21-15)9-3-4-10-18/h1,5,7-8,12-13H,2-4,6,9-11H2,(H,19,20)/t13-/m0/s1. The van der Waals surface area contributed by atoms with Gasteiger partial charge in [0.15, 0.2) is 11.5 Å². The number of rotatable bonds is 3. The summed E-state index contributed by atoms with van der Waals surface area (Å²) in [4.78, 5) is 12.1. The Labute approximate surface area is 130 Å². The molecule has 1 N–H and O–H groups in total. The number of carbonyl (C=O) groups is 1. The van der Waals surface area contributed by atoms with E-state index in [1.807, 2.05) is 18.2 Å². The lowest BCUT2D eigenvalue weighted by molar-refractivity contribution is -0.116. The van der Waals surface area contributed by atoms with Crippen LogP contribution in [0.3, 0.4) is 0 Å². The second kappa shape index (κ2) is 5.34. The summed E-state index contributed by atoms with van der Waals surface area (Å²) in [6, 6.07) is 5.66. The van der Waals surface area contributed by atoms with E-state index >= 15 is 0 Å². The van der Waals surface area contributed by atoms with Gasteiger partial charge in [0.25, 0.3) is 5.79 Å². The molecule has 1 saturated carbocycles. The lowest BCUT2D eigenvalue weighted by Gasteiger charge is -2.21. The fourth-order valence-electron chi connectivity index (χ4n) is 3.60. The second-order valence-corrected chi connectivity index (χ2v) is 6.50. The van der Waals surface area contributed by atoms with E-state index in [9.17, 15) is 4.79 Å². The quantitative estimate of drug-likeness (QED) is 0.857. The van der Waals surface area contributed by atoms with E-state index in [0.29, 0.717) is 12.3 Å². The van der Waals surface area contributed by atoms with E-state index in [2.05, 4.69) is 17.5 Å². The van der Waals surface area contributed by atoms with Gasteiger partial charge in [0.05, 0.1) is 0 Å². The summed E-state index contributed by atoms with van der Waals surface area (Å²) in [7, 11) is 0. The van der Waals surface area contributed by atoms with Crippen molar-refractivity contribution in [3.63, 3.8) is 0 Å². The third-order valence-electron chi connectivity index (χ3n) is 4.74. The van der Waals surface area contributed by atoms with Gasteiger partial charge in [-0.25, -0.2) is 0 Å². The van der Waals surface area contributed by atoms with Gasteiger partial charge in [-0.15, -0.1) is 0 Å². The van der Waals surface area contributed by atoms with Crippen LogP contribution in [0.4, 0.5) is 5.69 Å². The van der Waals surface area contributed by atoms with Gasteiger partial charge in [-0.2, -0.15) is 0 Å². The lowest BCUT2D eigenvalue weighted by Crippen LogP contribution is -2.34. The number of benzene rings is 1. The van der Waals surface area contributed by atoms with Gasteiger partial charge >= 0.3 is 0 Å². The highest BCUT2D eigenvalue weighted by molar-refractivity contribution is 5.91. The third kappa shape index (κ3) is 2.58. The molecule has 1 fully saturated rings. The van der Waals surface area contributed by atoms with Crippen LogP contribution in [0.5, 0.6) is 11.5 Å². The van der Waals surface area contributed by atoms with Crippen LogP contribution in [-0.2, 0) is 4.79 Å². The monoisotopic (exact) mass is 299 g/mol. The van der Waals surface area contributed by atoms with Crippen LogP contribution in [-0.4, -0.2) is 11.7 Å². The van der Waals surface area contributed by atoms with Crippen molar-refractivity contribution in [1.82, 2.24) is 0 Å². The zero-order valence-electron chi connectivity index (χ0n) is 12.6. The van der Waals surface area contributed by atoms with Crippen LogP contribution in [0.25, 0.3) is 0 Å². The molecule has 0 unspecified atom stereocenters. The molecule has 1 atom stereocenters. The first-order valence-corrected chi connectivity index (χ1v) is 8.21. The minimum atomic E-state index is -0.445. The molecule has 3 aliphatic rings. The van der Waals surface area contributed by atoms with Crippen molar-refractivity contribution in [2.75, 3.05) is 5.32 Å². The molecular weight excluding hydrogens is 278 g/mol. The fourth-order valence-corrected chi connectivity index (χ4v) is 3.60. The number of amides is 1. The van der Waals surface area contributed by atoms with Gasteiger partial charge < -0.3 is 14.8 Å². The predicted octanol–water partition coefficient (Wildman–Crippen LogP) is 4.02. The van der Waals surface area contributed by atoms with E-state index in [0.717, 1.165) is 55.7 Å². The van der Waals surface area contributed by atoms with E-state index in [1.165, 1.54) is 0 Å². The highest BCUT2D eigenvalue weighted by Crippen LogP contribution is 2.47. The van der Waals surface area contributed by atoms with Crippen molar-refractivity contribution in [2.45, 2.75) is 50.7 Å². The van der Waals surface area contributed by atoms with Crippen molar-refractivity contribution in [3.8, 4) is 11.5 Å². The Morgan fingerprint density at radius 3 is 2.82 bits per heavy atom. The summed E-state index contributed by atoms with van der Waals surface area (Å²) >= 11 is 0. The van der Waals surface area contributed by atoms with Gasteiger partial charge in [-0.05, 0) is 43.7 Å². The summed E-state index contributed by atoms with van der Waals surface area (Å²) in [5.74, 6) is 1.54. The van der Waals surface area contributed by atoms with Gasteiger partial charge in [-0.3, -0.25) is 4.79 Å². The second-order valence-electron chi connectivity index (χ2n) is 6.50.